The van der Waals surface area contributed by atoms with E-state index in [4.69, 9.17) is 5.73 Å². The normalized spacial score (nSPS) is 14.3. The van der Waals surface area contributed by atoms with Gasteiger partial charge in [-0.1, -0.05) is 88.4 Å². The first-order chi connectivity index (χ1) is 18.0. The average Bonchev–Trinajstić information content (AvgIpc) is 2.86. The SMILES string of the molecule is CC(C)CC(NC(=O)C(N)Cc1ccccc1)C(=O)NC(Cc1ccccc1)C(=O)NC(C(=O)O)C(C)C. The largest absolute Gasteiger partial charge is 0.480 e. The first-order valence-electron chi connectivity index (χ1n) is 12.9. The first kappa shape index (κ1) is 30.5. The van der Waals surface area contributed by atoms with E-state index in [-0.39, 0.29) is 18.3 Å². The van der Waals surface area contributed by atoms with Crippen molar-refractivity contribution in [3.05, 3.63) is 71.8 Å². The van der Waals surface area contributed by atoms with Crippen LogP contribution in [0, 0.1) is 11.8 Å². The third-order valence-electron chi connectivity index (χ3n) is 6.12. The Labute approximate surface area is 224 Å². The molecule has 0 saturated carbocycles. The van der Waals surface area contributed by atoms with Crippen LogP contribution in [0.2, 0.25) is 0 Å². The molecule has 9 nitrogen and oxygen atoms in total. The highest BCUT2D eigenvalue weighted by Crippen LogP contribution is 2.10. The number of carboxylic acid groups (broad SMARTS) is 1. The van der Waals surface area contributed by atoms with Crippen molar-refractivity contribution in [2.75, 3.05) is 0 Å². The van der Waals surface area contributed by atoms with E-state index in [0.717, 1.165) is 11.1 Å². The van der Waals surface area contributed by atoms with Crippen LogP contribution >= 0.6 is 0 Å². The van der Waals surface area contributed by atoms with E-state index in [2.05, 4.69) is 16.0 Å². The Kier molecular flexibility index (Phi) is 11.9. The van der Waals surface area contributed by atoms with Gasteiger partial charge in [-0.05, 0) is 35.8 Å². The molecule has 0 heterocycles. The molecule has 4 atom stereocenters. The fourth-order valence-electron chi connectivity index (χ4n) is 4.04. The molecule has 2 rings (SSSR count). The lowest BCUT2D eigenvalue weighted by atomic mass is 9.99. The molecular formula is C29H40N4O5. The van der Waals surface area contributed by atoms with E-state index < -0.39 is 47.9 Å². The highest BCUT2D eigenvalue weighted by Gasteiger charge is 2.31. The fraction of sp³-hybridized carbons (Fsp3) is 0.448. The monoisotopic (exact) mass is 524 g/mol. The van der Waals surface area contributed by atoms with Crippen LogP contribution < -0.4 is 21.7 Å². The third-order valence-corrected chi connectivity index (χ3v) is 6.12. The quantitative estimate of drug-likeness (QED) is 0.255. The number of benzene rings is 2. The van der Waals surface area contributed by atoms with Crippen LogP contribution in [0.4, 0.5) is 0 Å². The minimum absolute atomic E-state index is 0.0649. The van der Waals surface area contributed by atoms with Gasteiger partial charge in [-0.3, -0.25) is 14.4 Å². The molecule has 0 aliphatic carbocycles. The van der Waals surface area contributed by atoms with Gasteiger partial charge in [0.2, 0.25) is 17.7 Å². The predicted molar refractivity (Wildman–Crippen MR) is 146 cm³/mol. The predicted octanol–water partition coefficient (Wildman–Crippen LogP) is 2.04. The van der Waals surface area contributed by atoms with E-state index in [1.54, 1.807) is 13.8 Å². The second kappa shape index (κ2) is 14.9. The number of amides is 3. The van der Waals surface area contributed by atoms with Crippen molar-refractivity contribution in [1.29, 1.82) is 0 Å². The number of carbonyl (C=O) groups is 4. The lowest BCUT2D eigenvalue weighted by molar-refractivity contribution is -0.143. The second-order valence-corrected chi connectivity index (χ2v) is 10.3. The molecule has 3 amide bonds. The maximum Gasteiger partial charge on any atom is 0.326 e. The molecule has 0 aliphatic heterocycles. The van der Waals surface area contributed by atoms with Crippen LogP contribution in [-0.2, 0) is 32.0 Å². The number of hydrogen-bond acceptors (Lipinski definition) is 5. The maximum absolute atomic E-state index is 13.4. The summed E-state index contributed by atoms with van der Waals surface area (Å²) in [7, 11) is 0. The Morgan fingerprint density at radius 1 is 0.711 bits per heavy atom. The molecule has 0 saturated heterocycles. The Bertz CT molecular complexity index is 1060. The van der Waals surface area contributed by atoms with Crippen LogP contribution in [0.25, 0.3) is 0 Å². The van der Waals surface area contributed by atoms with Crippen molar-refractivity contribution in [1.82, 2.24) is 16.0 Å². The molecule has 0 radical (unpaired) electrons. The van der Waals surface area contributed by atoms with Crippen LogP contribution in [-0.4, -0.2) is 53.0 Å². The zero-order chi connectivity index (χ0) is 28.2. The molecule has 0 bridgehead atoms. The summed E-state index contributed by atoms with van der Waals surface area (Å²) in [6.07, 6.45) is 0.797. The summed E-state index contributed by atoms with van der Waals surface area (Å²) in [4.78, 5) is 51.1. The maximum atomic E-state index is 13.4. The van der Waals surface area contributed by atoms with Gasteiger partial charge in [0, 0.05) is 6.42 Å². The molecule has 0 spiro atoms. The van der Waals surface area contributed by atoms with Crippen LogP contribution in [0.15, 0.2) is 60.7 Å². The van der Waals surface area contributed by atoms with Crippen molar-refractivity contribution >= 4 is 23.7 Å². The van der Waals surface area contributed by atoms with Gasteiger partial charge in [-0.25, -0.2) is 4.79 Å². The van der Waals surface area contributed by atoms with E-state index in [9.17, 15) is 24.3 Å². The summed E-state index contributed by atoms with van der Waals surface area (Å²) >= 11 is 0. The Morgan fingerprint density at radius 3 is 1.66 bits per heavy atom. The van der Waals surface area contributed by atoms with E-state index in [1.807, 2.05) is 74.5 Å². The minimum atomic E-state index is -1.16. The summed E-state index contributed by atoms with van der Waals surface area (Å²) in [6, 6.07) is 14.5. The van der Waals surface area contributed by atoms with Gasteiger partial charge in [0.1, 0.15) is 18.1 Å². The fourth-order valence-corrected chi connectivity index (χ4v) is 4.04. The smallest absolute Gasteiger partial charge is 0.326 e. The van der Waals surface area contributed by atoms with Gasteiger partial charge >= 0.3 is 5.97 Å². The molecule has 0 aliphatic rings. The van der Waals surface area contributed by atoms with E-state index in [0.29, 0.717) is 12.8 Å². The molecule has 0 fully saturated rings. The number of rotatable bonds is 14. The number of aliphatic carboxylic acids is 1. The van der Waals surface area contributed by atoms with Gasteiger partial charge in [0.15, 0.2) is 0 Å². The average molecular weight is 525 g/mol. The molecule has 2 aromatic carbocycles. The van der Waals surface area contributed by atoms with Crippen LogP contribution in [0.3, 0.4) is 0 Å². The van der Waals surface area contributed by atoms with Gasteiger partial charge in [0.05, 0.1) is 6.04 Å². The standard InChI is InChI=1S/C29H40N4O5/c1-18(2)15-23(31-26(34)22(30)16-20-11-7-5-8-12-20)27(35)32-24(17-21-13-9-6-10-14-21)28(36)33-25(19(3)4)29(37)38/h5-14,18-19,22-25H,15-17,30H2,1-4H3,(H,31,34)(H,32,35)(H,33,36)(H,37,38). The molecule has 0 aromatic heterocycles. The lowest BCUT2D eigenvalue weighted by Crippen LogP contribution is -2.58. The highest BCUT2D eigenvalue weighted by atomic mass is 16.4. The lowest BCUT2D eigenvalue weighted by Gasteiger charge is -2.27. The van der Waals surface area contributed by atoms with Crippen LogP contribution in [0.1, 0.15) is 45.2 Å². The topological polar surface area (TPSA) is 151 Å². The summed E-state index contributed by atoms with van der Waals surface area (Å²) in [6.45, 7) is 7.22. The summed E-state index contributed by atoms with van der Waals surface area (Å²) in [5.41, 5.74) is 7.82. The summed E-state index contributed by atoms with van der Waals surface area (Å²) < 4.78 is 0. The zero-order valence-corrected chi connectivity index (χ0v) is 22.5. The first-order valence-corrected chi connectivity index (χ1v) is 12.9. The van der Waals surface area contributed by atoms with Crippen molar-refractivity contribution in [2.45, 2.75) is 71.1 Å². The van der Waals surface area contributed by atoms with Gasteiger partial charge in [0.25, 0.3) is 0 Å². The van der Waals surface area contributed by atoms with Crippen molar-refractivity contribution in [2.24, 2.45) is 17.6 Å². The van der Waals surface area contributed by atoms with Crippen LogP contribution in [0.5, 0.6) is 0 Å². The Morgan fingerprint density at radius 2 is 1.18 bits per heavy atom. The number of nitrogens with one attached hydrogen (secondary N) is 3. The Balaban J connectivity index is 2.20. The van der Waals surface area contributed by atoms with Gasteiger partial charge in [-0.15, -0.1) is 0 Å². The molecule has 6 N–H and O–H groups in total. The van der Waals surface area contributed by atoms with E-state index in [1.165, 1.54) is 0 Å². The summed E-state index contributed by atoms with van der Waals surface area (Å²) in [5.74, 6) is -3.07. The number of carboxylic acids is 1. The molecule has 2 aromatic rings. The van der Waals surface area contributed by atoms with Crippen molar-refractivity contribution in [3.8, 4) is 0 Å². The molecule has 4 unspecified atom stereocenters. The molecule has 38 heavy (non-hydrogen) atoms. The molecule has 206 valence electrons. The molecular weight excluding hydrogens is 484 g/mol. The zero-order valence-electron chi connectivity index (χ0n) is 22.5. The third kappa shape index (κ3) is 9.97. The Hall–Kier alpha value is -3.72. The number of carbonyl (C=O) groups excluding carboxylic acids is 3. The minimum Gasteiger partial charge on any atom is -0.480 e. The van der Waals surface area contributed by atoms with E-state index >= 15 is 0 Å². The molecule has 9 heteroatoms. The van der Waals surface area contributed by atoms with Crippen molar-refractivity contribution < 1.29 is 24.3 Å². The van der Waals surface area contributed by atoms with Crippen molar-refractivity contribution in [3.63, 3.8) is 0 Å². The van der Waals surface area contributed by atoms with Gasteiger partial charge < -0.3 is 26.8 Å². The second-order valence-electron chi connectivity index (χ2n) is 10.3. The van der Waals surface area contributed by atoms with Gasteiger partial charge in [-0.2, -0.15) is 0 Å². The highest BCUT2D eigenvalue weighted by molar-refractivity contribution is 5.94. The number of nitrogens with two attached hydrogens (primary N) is 1. The summed E-state index contributed by atoms with van der Waals surface area (Å²) in [5, 5.41) is 17.6. The number of hydrogen-bond donors (Lipinski definition) is 5.